The lowest BCUT2D eigenvalue weighted by Gasteiger charge is -2.22. The van der Waals surface area contributed by atoms with Crippen LogP contribution in [0, 0.1) is 10.1 Å². The molecule has 0 aliphatic heterocycles. The molecule has 0 unspecified atom stereocenters. The molecule has 122 valence electrons. The molecular formula is C16H20N4O3. The van der Waals surface area contributed by atoms with E-state index < -0.39 is 4.92 Å². The topological polar surface area (TPSA) is 96.6 Å². The maximum Gasteiger partial charge on any atom is 0.335 e. The van der Waals surface area contributed by atoms with Gasteiger partial charge in [-0.25, -0.2) is 10.2 Å². The van der Waals surface area contributed by atoms with Crippen LogP contribution in [-0.2, 0) is 0 Å². The van der Waals surface area contributed by atoms with Gasteiger partial charge in [-0.3, -0.25) is 10.1 Å². The van der Waals surface area contributed by atoms with Crippen molar-refractivity contribution in [3.8, 4) is 0 Å². The van der Waals surface area contributed by atoms with Crippen molar-refractivity contribution in [3.63, 3.8) is 0 Å². The van der Waals surface area contributed by atoms with Gasteiger partial charge in [0.25, 0.3) is 5.69 Å². The highest BCUT2D eigenvalue weighted by atomic mass is 16.6. The van der Waals surface area contributed by atoms with Gasteiger partial charge in [0.05, 0.1) is 10.5 Å². The highest BCUT2D eigenvalue weighted by Crippen LogP contribution is 2.18. The van der Waals surface area contributed by atoms with E-state index >= 15 is 0 Å². The van der Waals surface area contributed by atoms with E-state index in [-0.39, 0.29) is 17.8 Å². The number of allylic oxidation sites excluding steroid dienone is 1. The van der Waals surface area contributed by atoms with Crippen LogP contribution in [0.15, 0.2) is 35.4 Å². The Kier molecular flexibility index (Phi) is 6.28. The van der Waals surface area contributed by atoms with Gasteiger partial charge in [-0.1, -0.05) is 31.4 Å². The first-order valence-electron chi connectivity index (χ1n) is 7.66. The third-order valence-corrected chi connectivity index (χ3v) is 3.68. The molecule has 1 aliphatic carbocycles. The molecule has 1 aromatic rings. The number of nitrogens with zero attached hydrogens (tertiary/aromatic N) is 2. The number of para-hydroxylation sites is 1. The van der Waals surface area contributed by atoms with Gasteiger partial charge in [-0.2, -0.15) is 5.10 Å². The average Bonchev–Trinajstić information content (AvgIpc) is 2.55. The van der Waals surface area contributed by atoms with E-state index in [1.54, 1.807) is 30.4 Å². The molecule has 0 bridgehead atoms. The van der Waals surface area contributed by atoms with Crippen molar-refractivity contribution in [2.24, 2.45) is 5.10 Å². The highest BCUT2D eigenvalue weighted by molar-refractivity contribution is 5.81. The summed E-state index contributed by atoms with van der Waals surface area (Å²) < 4.78 is 0. The van der Waals surface area contributed by atoms with Crippen molar-refractivity contribution in [1.29, 1.82) is 0 Å². The predicted molar refractivity (Wildman–Crippen MR) is 89.2 cm³/mol. The summed E-state index contributed by atoms with van der Waals surface area (Å²) in [5.41, 5.74) is 2.90. The molecule has 2 amide bonds. The zero-order valence-electron chi connectivity index (χ0n) is 12.8. The van der Waals surface area contributed by atoms with Crippen LogP contribution < -0.4 is 10.7 Å². The van der Waals surface area contributed by atoms with Crippen LogP contribution in [0.5, 0.6) is 0 Å². The summed E-state index contributed by atoms with van der Waals surface area (Å²) in [5.74, 6) is 0. The average molecular weight is 316 g/mol. The number of carbonyl (C=O) groups is 1. The van der Waals surface area contributed by atoms with Gasteiger partial charge in [-0.05, 0) is 31.1 Å². The fourth-order valence-electron chi connectivity index (χ4n) is 2.54. The Balaban J connectivity index is 1.80. The van der Waals surface area contributed by atoms with E-state index in [1.165, 1.54) is 18.7 Å². The fourth-order valence-corrected chi connectivity index (χ4v) is 2.54. The molecule has 0 spiro atoms. The number of carbonyl (C=O) groups excluding carboxylic acids is 1. The molecule has 23 heavy (non-hydrogen) atoms. The zero-order chi connectivity index (χ0) is 16.5. The summed E-state index contributed by atoms with van der Waals surface area (Å²) in [5, 5.41) is 17.5. The van der Waals surface area contributed by atoms with E-state index in [1.807, 2.05) is 0 Å². The zero-order valence-corrected chi connectivity index (χ0v) is 12.8. The summed E-state index contributed by atoms with van der Waals surface area (Å²) in [6.45, 7) is 0. The molecule has 1 aromatic carbocycles. The first-order chi connectivity index (χ1) is 11.2. The van der Waals surface area contributed by atoms with Gasteiger partial charge < -0.3 is 5.32 Å². The van der Waals surface area contributed by atoms with Crippen molar-refractivity contribution < 1.29 is 9.72 Å². The Hall–Kier alpha value is -2.70. The normalized spacial score (nSPS) is 15.8. The molecule has 1 saturated carbocycles. The summed E-state index contributed by atoms with van der Waals surface area (Å²) in [4.78, 5) is 22.1. The van der Waals surface area contributed by atoms with Crippen LogP contribution in [0.25, 0.3) is 6.08 Å². The summed E-state index contributed by atoms with van der Waals surface area (Å²) >= 11 is 0. The van der Waals surface area contributed by atoms with Crippen LogP contribution in [0.2, 0.25) is 0 Å². The van der Waals surface area contributed by atoms with Gasteiger partial charge in [-0.15, -0.1) is 0 Å². The van der Waals surface area contributed by atoms with Crippen LogP contribution in [-0.4, -0.2) is 23.2 Å². The number of hydrogen-bond donors (Lipinski definition) is 2. The van der Waals surface area contributed by atoms with E-state index in [4.69, 9.17) is 0 Å². The van der Waals surface area contributed by atoms with Crippen molar-refractivity contribution in [1.82, 2.24) is 10.7 Å². The first kappa shape index (κ1) is 16.7. The molecule has 2 rings (SSSR count). The maximum absolute atomic E-state index is 11.6. The monoisotopic (exact) mass is 316 g/mol. The number of hydrazone groups is 1. The number of urea groups is 1. The van der Waals surface area contributed by atoms with Crippen LogP contribution in [0.3, 0.4) is 0 Å². The number of nitro groups is 1. The number of hydrogen-bond acceptors (Lipinski definition) is 4. The second kappa shape index (κ2) is 8.67. The third-order valence-electron chi connectivity index (χ3n) is 3.68. The van der Waals surface area contributed by atoms with Gasteiger partial charge in [0.2, 0.25) is 0 Å². The van der Waals surface area contributed by atoms with E-state index in [0.717, 1.165) is 25.7 Å². The summed E-state index contributed by atoms with van der Waals surface area (Å²) in [6.07, 6.45) is 10.0. The number of nitro benzene ring substituents is 1. The minimum atomic E-state index is -0.438. The Morgan fingerprint density at radius 1 is 1.26 bits per heavy atom. The lowest BCUT2D eigenvalue weighted by atomic mass is 9.96. The third kappa shape index (κ3) is 5.54. The molecule has 0 atom stereocenters. The largest absolute Gasteiger partial charge is 0.335 e. The second-order valence-corrected chi connectivity index (χ2v) is 5.37. The van der Waals surface area contributed by atoms with E-state index in [2.05, 4.69) is 15.8 Å². The Morgan fingerprint density at radius 3 is 2.74 bits per heavy atom. The van der Waals surface area contributed by atoms with Gasteiger partial charge >= 0.3 is 6.03 Å². The second-order valence-electron chi connectivity index (χ2n) is 5.37. The SMILES string of the molecule is O=C(N/N=C/C=C/c1ccccc1[N+](=O)[O-])NC1CCCCC1. The summed E-state index contributed by atoms with van der Waals surface area (Å²) in [7, 11) is 0. The van der Waals surface area contributed by atoms with Gasteiger partial charge in [0, 0.05) is 18.3 Å². The molecule has 0 saturated heterocycles. The van der Waals surface area contributed by atoms with Gasteiger partial charge in [0.15, 0.2) is 0 Å². The molecule has 0 heterocycles. The number of rotatable bonds is 5. The molecule has 2 N–H and O–H groups in total. The molecular weight excluding hydrogens is 296 g/mol. The Morgan fingerprint density at radius 2 is 2.00 bits per heavy atom. The molecule has 7 nitrogen and oxygen atoms in total. The molecule has 0 aromatic heterocycles. The minimum Gasteiger partial charge on any atom is -0.334 e. The van der Waals surface area contributed by atoms with Crippen molar-refractivity contribution >= 4 is 24.0 Å². The van der Waals surface area contributed by atoms with Crippen LogP contribution >= 0.6 is 0 Å². The Labute approximate surface area is 134 Å². The lowest BCUT2D eigenvalue weighted by molar-refractivity contribution is -0.385. The summed E-state index contributed by atoms with van der Waals surface area (Å²) in [6, 6.07) is 6.31. The maximum atomic E-state index is 11.6. The molecule has 0 radical (unpaired) electrons. The van der Waals surface area contributed by atoms with Crippen molar-refractivity contribution in [3.05, 3.63) is 46.0 Å². The van der Waals surface area contributed by atoms with Crippen molar-refractivity contribution in [2.75, 3.05) is 0 Å². The number of amides is 2. The lowest BCUT2D eigenvalue weighted by Crippen LogP contribution is -2.41. The van der Waals surface area contributed by atoms with E-state index in [0.29, 0.717) is 5.56 Å². The molecule has 7 heteroatoms. The smallest absolute Gasteiger partial charge is 0.334 e. The fraction of sp³-hybridized carbons (Fsp3) is 0.375. The quantitative estimate of drug-likeness (QED) is 0.496. The molecule has 1 aliphatic rings. The standard InChI is InChI=1S/C16H20N4O3/c21-16(18-14-9-2-1-3-10-14)19-17-12-6-8-13-7-4-5-11-15(13)20(22)23/h4-8,11-12,14H,1-3,9-10H2,(H2,18,19,21)/b8-6+,17-12+. The van der Waals surface area contributed by atoms with Crippen LogP contribution in [0.4, 0.5) is 10.5 Å². The molecule has 1 fully saturated rings. The minimum absolute atomic E-state index is 0.0279. The van der Waals surface area contributed by atoms with Crippen molar-refractivity contribution in [2.45, 2.75) is 38.1 Å². The highest BCUT2D eigenvalue weighted by Gasteiger charge is 2.14. The van der Waals surface area contributed by atoms with Crippen LogP contribution in [0.1, 0.15) is 37.7 Å². The van der Waals surface area contributed by atoms with Gasteiger partial charge in [0.1, 0.15) is 0 Å². The van der Waals surface area contributed by atoms with E-state index in [9.17, 15) is 14.9 Å². The first-order valence-corrected chi connectivity index (χ1v) is 7.66. The number of nitrogens with one attached hydrogen (secondary N) is 2. The Bertz CT molecular complexity index is 607. The number of benzene rings is 1. The predicted octanol–water partition coefficient (Wildman–Crippen LogP) is 3.23.